The molecule has 1 aromatic rings. The molecule has 0 bridgehead atoms. The predicted octanol–water partition coefficient (Wildman–Crippen LogP) is 2.44. The summed E-state index contributed by atoms with van der Waals surface area (Å²) in [6.45, 7) is 3.05. The highest BCUT2D eigenvalue weighted by Crippen LogP contribution is 2.16. The zero-order valence-corrected chi connectivity index (χ0v) is 11.1. The maximum atomic E-state index is 12.1. The van der Waals surface area contributed by atoms with Gasteiger partial charge in [0.1, 0.15) is 5.75 Å². The molecule has 106 valence electrons. The molecule has 0 saturated heterocycles. The molecular weight excluding hydrogens is 252 g/mol. The SMILES string of the molecule is CCN(CC)C(N)=NCc1cccc(OC(F)F)c1. The van der Waals surface area contributed by atoms with Crippen LogP contribution in [-0.4, -0.2) is 30.6 Å². The fraction of sp³-hybridized carbons (Fsp3) is 0.462. The van der Waals surface area contributed by atoms with Crippen molar-refractivity contribution in [2.24, 2.45) is 10.7 Å². The smallest absolute Gasteiger partial charge is 0.387 e. The number of alkyl halides is 2. The third-order valence-electron chi connectivity index (χ3n) is 2.63. The van der Waals surface area contributed by atoms with Gasteiger partial charge in [-0.1, -0.05) is 12.1 Å². The summed E-state index contributed by atoms with van der Waals surface area (Å²) < 4.78 is 28.5. The summed E-state index contributed by atoms with van der Waals surface area (Å²) in [7, 11) is 0. The van der Waals surface area contributed by atoms with Crippen LogP contribution in [0.2, 0.25) is 0 Å². The summed E-state index contributed by atoms with van der Waals surface area (Å²) in [6.07, 6.45) is 0. The van der Waals surface area contributed by atoms with Gasteiger partial charge >= 0.3 is 6.61 Å². The van der Waals surface area contributed by atoms with Crippen molar-refractivity contribution < 1.29 is 13.5 Å². The van der Waals surface area contributed by atoms with E-state index in [4.69, 9.17) is 5.73 Å². The van der Waals surface area contributed by atoms with E-state index in [9.17, 15) is 8.78 Å². The second-order valence-corrected chi connectivity index (χ2v) is 3.87. The van der Waals surface area contributed by atoms with E-state index >= 15 is 0 Å². The number of hydrogen-bond donors (Lipinski definition) is 1. The molecule has 0 heterocycles. The van der Waals surface area contributed by atoms with Crippen molar-refractivity contribution in [2.75, 3.05) is 13.1 Å². The number of ether oxygens (including phenoxy) is 1. The summed E-state index contributed by atoms with van der Waals surface area (Å²) in [5.41, 5.74) is 6.60. The number of guanidine groups is 1. The van der Waals surface area contributed by atoms with E-state index in [2.05, 4.69) is 9.73 Å². The van der Waals surface area contributed by atoms with Gasteiger partial charge in [-0.3, -0.25) is 0 Å². The Morgan fingerprint density at radius 1 is 1.37 bits per heavy atom. The summed E-state index contributed by atoms with van der Waals surface area (Å²) in [5.74, 6) is 0.578. The highest BCUT2D eigenvalue weighted by Gasteiger charge is 2.05. The second-order valence-electron chi connectivity index (χ2n) is 3.87. The van der Waals surface area contributed by atoms with Crippen molar-refractivity contribution in [2.45, 2.75) is 27.0 Å². The average molecular weight is 271 g/mol. The quantitative estimate of drug-likeness (QED) is 0.638. The second kappa shape index (κ2) is 7.56. The molecule has 0 radical (unpaired) electrons. The lowest BCUT2D eigenvalue weighted by Crippen LogP contribution is -2.37. The molecule has 1 aromatic carbocycles. The van der Waals surface area contributed by atoms with Gasteiger partial charge in [0.15, 0.2) is 5.96 Å². The largest absolute Gasteiger partial charge is 0.435 e. The molecule has 0 spiro atoms. The highest BCUT2D eigenvalue weighted by molar-refractivity contribution is 5.78. The Morgan fingerprint density at radius 3 is 2.63 bits per heavy atom. The Balaban J connectivity index is 2.69. The Morgan fingerprint density at radius 2 is 2.05 bits per heavy atom. The van der Waals surface area contributed by atoms with Gasteiger partial charge in [-0.15, -0.1) is 0 Å². The first kappa shape index (κ1) is 15.2. The zero-order valence-electron chi connectivity index (χ0n) is 11.1. The first-order valence-electron chi connectivity index (χ1n) is 6.15. The summed E-state index contributed by atoms with van der Waals surface area (Å²) in [6, 6.07) is 6.45. The predicted molar refractivity (Wildman–Crippen MR) is 71.3 cm³/mol. The van der Waals surface area contributed by atoms with E-state index in [1.165, 1.54) is 12.1 Å². The van der Waals surface area contributed by atoms with Crippen molar-refractivity contribution >= 4 is 5.96 Å². The Hall–Kier alpha value is -1.85. The van der Waals surface area contributed by atoms with E-state index in [0.717, 1.165) is 18.7 Å². The molecule has 0 aromatic heterocycles. The van der Waals surface area contributed by atoms with Gasteiger partial charge in [0.05, 0.1) is 6.54 Å². The van der Waals surface area contributed by atoms with Crippen molar-refractivity contribution in [1.29, 1.82) is 0 Å². The van der Waals surface area contributed by atoms with Crippen molar-refractivity contribution in [1.82, 2.24) is 4.90 Å². The van der Waals surface area contributed by atoms with E-state index in [1.54, 1.807) is 12.1 Å². The van der Waals surface area contributed by atoms with E-state index in [1.807, 2.05) is 18.7 Å². The van der Waals surface area contributed by atoms with Crippen LogP contribution in [0.5, 0.6) is 5.75 Å². The maximum Gasteiger partial charge on any atom is 0.387 e. The summed E-state index contributed by atoms with van der Waals surface area (Å²) >= 11 is 0. The van der Waals surface area contributed by atoms with Crippen LogP contribution in [0, 0.1) is 0 Å². The Kier molecular flexibility index (Phi) is 6.05. The van der Waals surface area contributed by atoms with Crippen LogP contribution in [0.15, 0.2) is 29.3 Å². The van der Waals surface area contributed by atoms with Gasteiger partial charge in [-0.05, 0) is 31.5 Å². The van der Waals surface area contributed by atoms with Gasteiger partial charge in [0, 0.05) is 13.1 Å². The monoisotopic (exact) mass is 271 g/mol. The van der Waals surface area contributed by atoms with E-state index < -0.39 is 6.61 Å². The van der Waals surface area contributed by atoms with Gasteiger partial charge in [-0.2, -0.15) is 8.78 Å². The first-order valence-corrected chi connectivity index (χ1v) is 6.15. The maximum absolute atomic E-state index is 12.1. The highest BCUT2D eigenvalue weighted by atomic mass is 19.3. The normalized spacial score (nSPS) is 11.7. The molecule has 19 heavy (non-hydrogen) atoms. The van der Waals surface area contributed by atoms with Crippen LogP contribution < -0.4 is 10.5 Å². The molecule has 0 amide bonds. The van der Waals surface area contributed by atoms with Crippen LogP contribution >= 0.6 is 0 Å². The lowest BCUT2D eigenvalue weighted by atomic mass is 10.2. The van der Waals surface area contributed by atoms with Crippen LogP contribution in [0.1, 0.15) is 19.4 Å². The van der Waals surface area contributed by atoms with Gasteiger partial charge < -0.3 is 15.4 Å². The minimum absolute atomic E-state index is 0.129. The zero-order chi connectivity index (χ0) is 14.3. The van der Waals surface area contributed by atoms with Crippen molar-refractivity contribution in [3.8, 4) is 5.75 Å². The number of rotatable bonds is 6. The molecule has 0 aliphatic heterocycles. The number of nitrogens with two attached hydrogens (primary N) is 1. The summed E-state index contributed by atoms with van der Waals surface area (Å²) in [4.78, 5) is 6.15. The van der Waals surface area contributed by atoms with Crippen molar-refractivity contribution in [3.63, 3.8) is 0 Å². The first-order chi connectivity index (χ1) is 9.06. The molecule has 6 heteroatoms. The van der Waals surface area contributed by atoms with Crippen LogP contribution in [0.4, 0.5) is 8.78 Å². The van der Waals surface area contributed by atoms with Crippen LogP contribution in [0.25, 0.3) is 0 Å². The number of benzene rings is 1. The van der Waals surface area contributed by atoms with Gasteiger partial charge in [0.2, 0.25) is 0 Å². The number of hydrogen-bond acceptors (Lipinski definition) is 2. The average Bonchev–Trinajstić information content (AvgIpc) is 2.37. The number of aliphatic imine (C=N–C) groups is 1. The molecule has 0 saturated carbocycles. The van der Waals surface area contributed by atoms with Gasteiger partial charge in [0.25, 0.3) is 0 Å². The molecule has 0 fully saturated rings. The third-order valence-corrected chi connectivity index (χ3v) is 2.63. The summed E-state index contributed by atoms with van der Waals surface area (Å²) in [5, 5.41) is 0. The molecule has 2 N–H and O–H groups in total. The van der Waals surface area contributed by atoms with Crippen LogP contribution in [-0.2, 0) is 6.54 Å². The van der Waals surface area contributed by atoms with Crippen LogP contribution in [0.3, 0.4) is 0 Å². The topological polar surface area (TPSA) is 50.8 Å². The number of nitrogens with zero attached hydrogens (tertiary/aromatic N) is 2. The molecule has 0 aliphatic carbocycles. The minimum atomic E-state index is -2.82. The fourth-order valence-electron chi connectivity index (χ4n) is 1.64. The lowest BCUT2D eigenvalue weighted by molar-refractivity contribution is -0.0498. The van der Waals surface area contributed by atoms with E-state index in [0.29, 0.717) is 12.5 Å². The van der Waals surface area contributed by atoms with Gasteiger partial charge in [-0.25, -0.2) is 4.99 Å². The molecule has 0 unspecified atom stereocenters. The minimum Gasteiger partial charge on any atom is -0.435 e. The Bertz CT molecular complexity index is 420. The molecule has 0 atom stereocenters. The Labute approximate surface area is 111 Å². The molecule has 0 aliphatic rings. The molecule has 4 nitrogen and oxygen atoms in total. The molecule has 1 rings (SSSR count). The molecular formula is C13H19F2N3O. The van der Waals surface area contributed by atoms with Crippen molar-refractivity contribution in [3.05, 3.63) is 29.8 Å². The third kappa shape index (κ3) is 5.11. The fourth-order valence-corrected chi connectivity index (χ4v) is 1.64. The standard InChI is InChI=1S/C13H19F2N3O/c1-3-18(4-2)13(16)17-9-10-6-5-7-11(8-10)19-12(14)15/h5-8,12H,3-4,9H2,1-2H3,(H2,16,17). The lowest BCUT2D eigenvalue weighted by Gasteiger charge is -2.19. The van der Waals surface area contributed by atoms with E-state index in [-0.39, 0.29) is 5.75 Å². The number of halogens is 2.